The number of hydrogen-bond donors (Lipinski definition) is 1. The number of aliphatic hydroxyl groups excluding tert-OH is 1. The van der Waals surface area contributed by atoms with Gasteiger partial charge in [0.2, 0.25) is 0 Å². The molecule has 18 heavy (non-hydrogen) atoms. The van der Waals surface area contributed by atoms with E-state index in [-0.39, 0.29) is 0 Å². The summed E-state index contributed by atoms with van der Waals surface area (Å²) < 4.78 is 1.73. The topological polar surface area (TPSA) is 38.0 Å². The SMILES string of the molecule is Cn1cc(C(O)c2cc3c(s2)CCCCC3)cn1. The summed E-state index contributed by atoms with van der Waals surface area (Å²) in [4.78, 5) is 2.54. The van der Waals surface area contributed by atoms with E-state index in [2.05, 4.69) is 11.2 Å². The Bertz CT molecular complexity index is 520. The highest BCUT2D eigenvalue weighted by Gasteiger charge is 2.18. The first-order chi connectivity index (χ1) is 8.74. The first-order valence-corrected chi connectivity index (χ1v) is 7.34. The Morgan fingerprint density at radius 2 is 2.17 bits per heavy atom. The molecule has 3 rings (SSSR count). The Kier molecular flexibility index (Phi) is 3.22. The zero-order chi connectivity index (χ0) is 12.5. The monoisotopic (exact) mass is 262 g/mol. The molecule has 1 aliphatic carbocycles. The molecule has 0 spiro atoms. The molecule has 0 bridgehead atoms. The highest BCUT2D eigenvalue weighted by atomic mass is 32.1. The fourth-order valence-electron chi connectivity index (χ4n) is 2.57. The summed E-state index contributed by atoms with van der Waals surface area (Å²) in [5.41, 5.74) is 2.34. The van der Waals surface area contributed by atoms with Gasteiger partial charge in [-0.05, 0) is 37.3 Å². The summed E-state index contributed by atoms with van der Waals surface area (Å²) in [5.74, 6) is 0. The van der Waals surface area contributed by atoms with Crippen LogP contribution < -0.4 is 0 Å². The van der Waals surface area contributed by atoms with Gasteiger partial charge in [-0.15, -0.1) is 11.3 Å². The van der Waals surface area contributed by atoms with Gasteiger partial charge in [-0.25, -0.2) is 0 Å². The minimum Gasteiger partial charge on any atom is -0.383 e. The molecule has 0 radical (unpaired) electrons. The lowest BCUT2D eigenvalue weighted by Crippen LogP contribution is -1.95. The average molecular weight is 262 g/mol. The van der Waals surface area contributed by atoms with Gasteiger partial charge in [0.25, 0.3) is 0 Å². The molecule has 1 unspecified atom stereocenters. The molecule has 1 N–H and O–H groups in total. The second kappa shape index (κ2) is 4.86. The van der Waals surface area contributed by atoms with Crippen LogP contribution in [0.4, 0.5) is 0 Å². The third-order valence-corrected chi connectivity index (χ3v) is 4.87. The predicted molar refractivity (Wildman–Crippen MR) is 72.8 cm³/mol. The minimum atomic E-state index is -0.518. The highest BCUT2D eigenvalue weighted by Crippen LogP contribution is 2.34. The first-order valence-electron chi connectivity index (χ1n) is 6.52. The molecule has 96 valence electrons. The fourth-order valence-corrected chi connectivity index (χ4v) is 3.84. The van der Waals surface area contributed by atoms with Crippen molar-refractivity contribution in [1.29, 1.82) is 0 Å². The smallest absolute Gasteiger partial charge is 0.116 e. The molecule has 1 atom stereocenters. The Hall–Kier alpha value is -1.13. The van der Waals surface area contributed by atoms with Crippen LogP contribution in [0.15, 0.2) is 18.5 Å². The van der Waals surface area contributed by atoms with Crippen LogP contribution >= 0.6 is 11.3 Å². The van der Waals surface area contributed by atoms with E-state index in [1.807, 2.05) is 13.2 Å². The molecule has 0 amide bonds. The predicted octanol–water partition coefficient (Wildman–Crippen LogP) is 2.83. The van der Waals surface area contributed by atoms with E-state index in [1.165, 1.54) is 42.5 Å². The Labute approximate surface area is 111 Å². The largest absolute Gasteiger partial charge is 0.383 e. The van der Waals surface area contributed by atoms with Crippen molar-refractivity contribution in [2.75, 3.05) is 0 Å². The number of fused-ring (bicyclic) bond motifs is 1. The third-order valence-electron chi connectivity index (χ3n) is 3.58. The Morgan fingerprint density at radius 1 is 1.33 bits per heavy atom. The van der Waals surface area contributed by atoms with E-state index in [9.17, 15) is 5.11 Å². The molecular formula is C14H18N2OS. The fraction of sp³-hybridized carbons (Fsp3) is 0.500. The molecule has 4 heteroatoms. The van der Waals surface area contributed by atoms with Crippen molar-refractivity contribution in [1.82, 2.24) is 9.78 Å². The van der Waals surface area contributed by atoms with Crippen molar-refractivity contribution in [2.45, 2.75) is 38.2 Å². The molecule has 3 nitrogen and oxygen atoms in total. The molecule has 0 aliphatic heterocycles. The van der Waals surface area contributed by atoms with Crippen LogP contribution in [0.3, 0.4) is 0 Å². The van der Waals surface area contributed by atoms with Crippen LogP contribution in [0, 0.1) is 0 Å². The molecule has 0 fully saturated rings. The molecule has 0 saturated carbocycles. The van der Waals surface area contributed by atoms with Crippen molar-refractivity contribution in [2.24, 2.45) is 7.05 Å². The summed E-state index contributed by atoms with van der Waals surface area (Å²) in [6, 6.07) is 2.20. The lowest BCUT2D eigenvalue weighted by atomic mass is 10.1. The minimum absolute atomic E-state index is 0.518. The van der Waals surface area contributed by atoms with Gasteiger partial charge in [0, 0.05) is 28.6 Å². The zero-order valence-corrected chi connectivity index (χ0v) is 11.4. The standard InChI is InChI=1S/C14H18N2OS/c1-16-9-11(8-15-16)14(17)13-7-10-5-3-2-4-6-12(10)18-13/h7-9,14,17H,2-6H2,1H3. The van der Waals surface area contributed by atoms with Gasteiger partial charge in [0.05, 0.1) is 6.20 Å². The van der Waals surface area contributed by atoms with Crippen LogP contribution in [0.1, 0.15) is 46.2 Å². The van der Waals surface area contributed by atoms with Gasteiger partial charge in [-0.2, -0.15) is 5.10 Å². The molecule has 2 heterocycles. The molecule has 1 aliphatic rings. The van der Waals surface area contributed by atoms with E-state index in [4.69, 9.17) is 0 Å². The zero-order valence-electron chi connectivity index (χ0n) is 10.6. The summed E-state index contributed by atoms with van der Waals surface area (Å²) in [6.45, 7) is 0. The maximum Gasteiger partial charge on any atom is 0.116 e. The number of aromatic nitrogens is 2. The van der Waals surface area contributed by atoms with E-state index >= 15 is 0 Å². The number of hydrogen-bond acceptors (Lipinski definition) is 3. The van der Waals surface area contributed by atoms with Gasteiger partial charge >= 0.3 is 0 Å². The summed E-state index contributed by atoms with van der Waals surface area (Å²) in [5, 5.41) is 14.5. The van der Waals surface area contributed by atoms with Crippen LogP contribution in [0.25, 0.3) is 0 Å². The molecule has 2 aromatic rings. The molecule has 0 aromatic carbocycles. The highest BCUT2D eigenvalue weighted by molar-refractivity contribution is 7.12. The lowest BCUT2D eigenvalue weighted by molar-refractivity contribution is 0.224. The van der Waals surface area contributed by atoms with Gasteiger partial charge in [0.15, 0.2) is 0 Å². The van der Waals surface area contributed by atoms with Crippen LogP contribution in [0.2, 0.25) is 0 Å². The third kappa shape index (κ3) is 2.22. The van der Waals surface area contributed by atoms with Gasteiger partial charge < -0.3 is 5.11 Å². The van der Waals surface area contributed by atoms with Crippen LogP contribution in [-0.4, -0.2) is 14.9 Å². The van der Waals surface area contributed by atoms with Gasteiger partial charge in [0.1, 0.15) is 6.10 Å². The molecule has 0 saturated heterocycles. The Morgan fingerprint density at radius 3 is 2.94 bits per heavy atom. The second-order valence-electron chi connectivity index (χ2n) is 5.01. The molecule has 2 aromatic heterocycles. The number of aliphatic hydroxyl groups is 1. The van der Waals surface area contributed by atoms with Crippen molar-refractivity contribution in [3.63, 3.8) is 0 Å². The summed E-state index contributed by atoms with van der Waals surface area (Å²) in [6.07, 6.45) is 9.37. The Balaban J connectivity index is 1.88. The summed E-state index contributed by atoms with van der Waals surface area (Å²) >= 11 is 1.77. The maximum atomic E-state index is 10.4. The van der Waals surface area contributed by atoms with Crippen molar-refractivity contribution in [3.8, 4) is 0 Å². The van der Waals surface area contributed by atoms with E-state index in [1.54, 1.807) is 22.2 Å². The normalized spacial score (nSPS) is 17.2. The van der Waals surface area contributed by atoms with Crippen LogP contribution in [0.5, 0.6) is 0 Å². The lowest BCUT2D eigenvalue weighted by Gasteiger charge is -2.04. The second-order valence-corrected chi connectivity index (χ2v) is 6.18. The average Bonchev–Trinajstić information content (AvgIpc) is 2.90. The van der Waals surface area contributed by atoms with Crippen molar-refractivity contribution in [3.05, 3.63) is 39.3 Å². The number of rotatable bonds is 2. The number of thiophene rings is 1. The molecular weight excluding hydrogens is 244 g/mol. The van der Waals surface area contributed by atoms with E-state index in [0.717, 1.165) is 10.4 Å². The quantitative estimate of drug-likeness (QED) is 0.845. The van der Waals surface area contributed by atoms with Crippen molar-refractivity contribution < 1.29 is 5.11 Å². The van der Waals surface area contributed by atoms with Gasteiger partial charge in [-0.1, -0.05) is 6.42 Å². The van der Waals surface area contributed by atoms with E-state index < -0.39 is 6.10 Å². The summed E-state index contributed by atoms with van der Waals surface area (Å²) in [7, 11) is 1.87. The van der Waals surface area contributed by atoms with Gasteiger partial charge in [-0.3, -0.25) is 4.68 Å². The number of aryl methyl sites for hydroxylation is 3. The van der Waals surface area contributed by atoms with E-state index in [0.29, 0.717) is 0 Å². The maximum absolute atomic E-state index is 10.4. The first kappa shape index (κ1) is 11.9. The van der Waals surface area contributed by atoms with Crippen LogP contribution in [-0.2, 0) is 19.9 Å². The van der Waals surface area contributed by atoms with Crippen molar-refractivity contribution >= 4 is 11.3 Å². The number of nitrogens with zero attached hydrogens (tertiary/aromatic N) is 2.